The largest absolute Gasteiger partial charge is 0.469 e. The monoisotopic (exact) mass is 420 g/mol. The Morgan fingerprint density at radius 1 is 1.20 bits per heavy atom. The minimum atomic E-state index is -0.407. The molecule has 0 N–H and O–H groups in total. The Morgan fingerprint density at radius 2 is 1.90 bits per heavy atom. The number of Topliss-reactive ketones (excluding diaryl/α,β-unsaturated/α-hetero) is 1. The van der Waals surface area contributed by atoms with Crippen LogP contribution in [0.4, 0.5) is 0 Å². The Labute approximate surface area is 181 Å². The van der Waals surface area contributed by atoms with Crippen molar-refractivity contribution in [2.75, 3.05) is 7.11 Å². The number of carbonyl (C=O) groups is 2. The third kappa shape index (κ3) is 4.25. The highest BCUT2D eigenvalue weighted by atomic mass is 17.2. The Hall–Kier alpha value is -1.20. The molecule has 2 fully saturated rings. The lowest BCUT2D eigenvalue weighted by Crippen LogP contribution is -2.48. The van der Waals surface area contributed by atoms with E-state index in [1.54, 1.807) is 0 Å². The van der Waals surface area contributed by atoms with Crippen molar-refractivity contribution in [1.82, 2.24) is 0 Å². The van der Waals surface area contributed by atoms with Crippen LogP contribution in [0.25, 0.3) is 0 Å². The number of rotatable bonds is 5. The van der Waals surface area contributed by atoms with E-state index in [-0.39, 0.29) is 28.8 Å². The molecular weight excluding hydrogens is 380 g/mol. The number of ketones is 1. The van der Waals surface area contributed by atoms with Crippen LogP contribution in [-0.2, 0) is 24.1 Å². The van der Waals surface area contributed by atoms with Gasteiger partial charge in [0.2, 0.25) is 0 Å². The zero-order valence-electron chi connectivity index (χ0n) is 19.9. The maximum atomic E-state index is 12.9. The van der Waals surface area contributed by atoms with E-state index in [1.165, 1.54) is 25.5 Å². The topological polar surface area (TPSA) is 61.8 Å². The summed E-state index contributed by atoms with van der Waals surface area (Å²) in [4.78, 5) is 36.2. The molecule has 30 heavy (non-hydrogen) atoms. The number of methoxy groups -OCH3 is 1. The molecule has 170 valence electrons. The van der Waals surface area contributed by atoms with Crippen LogP contribution in [0.15, 0.2) is 11.1 Å². The quantitative estimate of drug-likeness (QED) is 0.430. The van der Waals surface area contributed by atoms with E-state index < -0.39 is 5.60 Å². The van der Waals surface area contributed by atoms with Gasteiger partial charge in [0.05, 0.1) is 13.0 Å². The van der Waals surface area contributed by atoms with E-state index in [2.05, 4.69) is 27.7 Å². The van der Waals surface area contributed by atoms with Crippen LogP contribution < -0.4 is 0 Å². The SMILES string of the molecule is COC(=O)[C@H](C)[C@H]1CC[C@@](C)(CCC2=C(C)C(=O)C[C@@H]3C(C)(C)CCC[C@@]23C)OO1. The summed E-state index contributed by atoms with van der Waals surface area (Å²) in [5.41, 5.74) is 2.19. The highest BCUT2D eigenvalue weighted by molar-refractivity contribution is 5.97. The lowest BCUT2D eigenvalue weighted by Gasteiger charge is -2.55. The fraction of sp³-hybridized carbons (Fsp3) is 0.840. The molecule has 5 nitrogen and oxygen atoms in total. The summed E-state index contributed by atoms with van der Waals surface area (Å²) in [7, 11) is 1.40. The van der Waals surface area contributed by atoms with Crippen LogP contribution in [0, 0.1) is 22.7 Å². The zero-order chi connectivity index (χ0) is 22.3. The lowest BCUT2D eigenvalue weighted by atomic mass is 9.49. The van der Waals surface area contributed by atoms with Gasteiger partial charge in [-0.2, -0.15) is 0 Å². The van der Waals surface area contributed by atoms with Gasteiger partial charge in [0.1, 0.15) is 11.7 Å². The van der Waals surface area contributed by atoms with Gasteiger partial charge in [-0.1, -0.05) is 32.8 Å². The smallest absolute Gasteiger partial charge is 0.311 e. The van der Waals surface area contributed by atoms with Gasteiger partial charge in [-0.3, -0.25) is 9.59 Å². The summed E-state index contributed by atoms with van der Waals surface area (Å²) in [5.74, 6) is 0.115. The number of hydrogen-bond acceptors (Lipinski definition) is 5. The molecule has 0 spiro atoms. The van der Waals surface area contributed by atoms with Gasteiger partial charge < -0.3 is 4.74 Å². The van der Waals surface area contributed by atoms with Crippen LogP contribution in [0.1, 0.15) is 92.9 Å². The molecular formula is C25H40O5. The molecule has 5 heteroatoms. The van der Waals surface area contributed by atoms with Gasteiger partial charge in [0.15, 0.2) is 5.78 Å². The van der Waals surface area contributed by atoms with Crippen molar-refractivity contribution in [1.29, 1.82) is 0 Å². The molecule has 1 saturated carbocycles. The fourth-order valence-corrected chi connectivity index (χ4v) is 6.34. The van der Waals surface area contributed by atoms with Gasteiger partial charge in [-0.05, 0) is 81.6 Å². The maximum absolute atomic E-state index is 12.9. The molecule has 0 amide bonds. The molecule has 3 rings (SSSR count). The highest BCUT2D eigenvalue weighted by Crippen LogP contribution is 2.59. The first-order valence-corrected chi connectivity index (χ1v) is 11.6. The van der Waals surface area contributed by atoms with Crippen molar-refractivity contribution in [3.8, 4) is 0 Å². The second kappa shape index (κ2) is 8.38. The molecule has 0 bridgehead atoms. The number of carbonyl (C=O) groups excluding carboxylic acids is 2. The van der Waals surface area contributed by atoms with Crippen LogP contribution in [-0.4, -0.2) is 30.6 Å². The second-order valence-electron chi connectivity index (χ2n) is 11.1. The van der Waals surface area contributed by atoms with Gasteiger partial charge in [0.25, 0.3) is 0 Å². The molecule has 0 aromatic rings. The molecule has 0 radical (unpaired) electrons. The summed E-state index contributed by atoms with van der Waals surface area (Å²) in [6.07, 6.45) is 7.24. The number of fused-ring (bicyclic) bond motifs is 1. The Kier molecular flexibility index (Phi) is 6.56. The van der Waals surface area contributed by atoms with Crippen molar-refractivity contribution in [3.63, 3.8) is 0 Å². The summed E-state index contributed by atoms with van der Waals surface area (Å²) in [5, 5.41) is 0. The van der Waals surface area contributed by atoms with Crippen molar-refractivity contribution >= 4 is 11.8 Å². The maximum Gasteiger partial charge on any atom is 0.311 e. The van der Waals surface area contributed by atoms with Crippen molar-refractivity contribution in [2.24, 2.45) is 22.7 Å². The number of ether oxygens (including phenoxy) is 1. The normalized spacial score (nSPS) is 37.5. The van der Waals surface area contributed by atoms with Gasteiger partial charge in [-0.25, -0.2) is 9.78 Å². The second-order valence-corrected chi connectivity index (χ2v) is 11.1. The average molecular weight is 421 g/mol. The van der Waals surface area contributed by atoms with E-state index in [0.717, 1.165) is 37.7 Å². The minimum Gasteiger partial charge on any atom is -0.469 e. The summed E-state index contributed by atoms with van der Waals surface area (Å²) in [6, 6.07) is 0. The fourth-order valence-electron chi connectivity index (χ4n) is 6.34. The van der Waals surface area contributed by atoms with Crippen molar-refractivity contribution in [2.45, 2.75) is 105 Å². The van der Waals surface area contributed by atoms with Crippen LogP contribution >= 0.6 is 0 Å². The van der Waals surface area contributed by atoms with E-state index in [9.17, 15) is 9.59 Å². The van der Waals surface area contributed by atoms with Gasteiger partial charge >= 0.3 is 5.97 Å². The molecule has 0 unspecified atom stereocenters. The average Bonchev–Trinajstić information content (AvgIpc) is 2.69. The Morgan fingerprint density at radius 3 is 2.50 bits per heavy atom. The van der Waals surface area contributed by atoms with Crippen molar-refractivity contribution in [3.05, 3.63) is 11.1 Å². The molecule has 0 aromatic carbocycles. The molecule has 5 atom stereocenters. The van der Waals surface area contributed by atoms with Crippen LogP contribution in [0.2, 0.25) is 0 Å². The minimum absolute atomic E-state index is 0.0908. The summed E-state index contributed by atoms with van der Waals surface area (Å²) >= 11 is 0. The third-order valence-electron chi connectivity index (χ3n) is 8.54. The van der Waals surface area contributed by atoms with Crippen LogP contribution in [0.5, 0.6) is 0 Å². The molecule has 1 aliphatic heterocycles. The molecule has 0 aromatic heterocycles. The number of hydrogen-bond donors (Lipinski definition) is 0. The third-order valence-corrected chi connectivity index (χ3v) is 8.54. The van der Waals surface area contributed by atoms with Crippen LogP contribution in [0.3, 0.4) is 0 Å². The predicted molar refractivity (Wildman–Crippen MR) is 116 cm³/mol. The standard InChI is InChI=1S/C25H40O5/c1-16-18(25(6)12-8-11-23(3,4)21(25)15-19(16)26)9-13-24(5)14-10-20(29-30-24)17(2)22(27)28-7/h17,20-21H,8-15H2,1-7H3/t17-,20-,21-,24-,25+/m1/s1. The Balaban J connectivity index is 1.71. The molecule has 3 aliphatic rings. The first-order valence-electron chi connectivity index (χ1n) is 11.6. The van der Waals surface area contributed by atoms with E-state index in [1.807, 2.05) is 13.8 Å². The lowest BCUT2D eigenvalue weighted by molar-refractivity contribution is -0.411. The van der Waals surface area contributed by atoms with E-state index >= 15 is 0 Å². The molecule has 1 heterocycles. The summed E-state index contributed by atoms with van der Waals surface area (Å²) < 4.78 is 4.83. The predicted octanol–water partition coefficient (Wildman–Crippen LogP) is 5.57. The zero-order valence-corrected chi connectivity index (χ0v) is 19.9. The summed E-state index contributed by atoms with van der Waals surface area (Å²) in [6.45, 7) is 13.0. The number of allylic oxidation sites excluding steroid dienone is 2. The highest BCUT2D eigenvalue weighted by Gasteiger charge is 2.52. The first kappa shape index (κ1) is 23.5. The van der Waals surface area contributed by atoms with E-state index in [4.69, 9.17) is 14.5 Å². The van der Waals surface area contributed by atoms with E-state index in [0.29, 0.717) is 18.1 Å². The first-order chi connectivity index (χ1) is 13.9. The molecule has 1 saturated heterocycles. The molecule has 2 aliphatic carbocycles. The number of esters is 1. The van der Waals surface area contributed by atoms with Gasteiger partial charge in [-0.15, -0.1) is 0 Å². The Bertz CT molecular complexity index is 713. The van der Waals surface area contributed by atoms with Gasteiger partial charge in [0, 0.05) is 6.42 Å². The van der Waals surface area contributed by atoms with Crippen molar-refractivity contribution < 1.29 is 24.1 Å².